The fourth-order valence-electron chi connectivity index (χ4n) is 1.22. The molecule has 0 aliphatic rings. The maximum Gasteiger partial charge on any atom is 0.0811 e. The molecule has 0 aliphatic carbocycles. The highest BCUT2D eigenvalue weighted by Gasteiger charge is 1.94. The van der Waals surface area contributed by atoms with Crippen LogP contribution in [0.5, 0.6) is 0 Å². The number of hydrogen-bond donors (Lipinski definition) is 1. The van der Waals surface area contributed by atoms with Crippen molar-refractivity contribution in [3.05, 3.63) is 35.9 Å². The third-order valence-corrected chi connectivity index (χ3v) is 2.05. The van der Waals surface area contributed by atoms with Crippen molar-refractivity contribution in [1.29, 1.82) is 0 Å². The standard InChI is InChI=1S/C12H14N2S/c1-13-9-5-4-7-11-6-2-3-8-12(11)14-10-15/h2-4,6-8,13H,5,9H2,1H3. The van der Waals surface area contributed by atoms with E-state index in [9.17, 15) is 0 Å². The lowest BCUT2D eigenvalue weighted by molar-refractivity contribution is 0.809. The Kier molecular flexibility index (Phi) is 5.56. The van der Waals surface area contributed by atoms with Gasteiger partial charge < -0.3 is 5.32 Å². The molecule has 0 fully saturated rings. The second-order valence-corrected chi connectivity index (χ2v) is 3.24. The van der Waals surface area contributed by atoms with Crippen LogP contribution in [0.15, 0.2) is 35.3 Å². The number of isothiocyanates is 1. The highest BCUT2D eigenvalue weighted by Crippen LogP contribution is 2.19. The number of aliphatic imine (C=N–C) groups is 1. The number of rotatable bonds is 5. The van der Waals surface area contributed by atoms with Crippen LogP contribution < -0.4 is 5.32 Å². The minimum atomic E-state index is 0.869. The van der Waals surface area contributed by atoms with E-state index < -0.39 is 0 Å². The van der Waals surface area contributed by atoms with Crippen LogP contribution >= 0.6 is 12.2 Å². The monoisotopic (exact) mass is 218 g/mol. The first-order valence-electron chi connectivity index (χ1n) is 4.86. The van der Waals surface area contributed by atoms with E-state index in [1.54, 1.807) is 0 Å². The molecule has 3 heteroatoms. The molecule has 0 heterocycles. The first kappa shape index (κ1) is 11.8. The highest BCUT2D eigenvalue weighted by atomic mass is 32.1. The topological polar surface area (TPSA) is 24.4 Å². The molecule has 78 valence electrons. The number of hydrogen-bond acceptors (Lipinski definition) is 3. The molecule has 1 aromatic rings. The Bertz CT molecular complexity index is 379. The Morgan fingerprint density at radius 1 is 1.47 bits per heavy atom. The first-order chi connectivity index (χ1) is 7.38. The predicted molar refractivity (Wildman–Crippen MR) is 68.7 cm³/mol. The van der Waals surface area contributed by atoms with Gasteiger partial charge in [0.25, 0.3) is 0 Å². The molecule has 0 radical (unpaired) electrons. The van der Waals surface area contributed by atoms with E-state index >= 15 is 0 Å². The summed E-state index contributed by atoms with van der Waals surface area (Å²) in [6.45, 7) is 0.981. The summed E-state index contributed by atoms with van der Waals surface area (Å²) in [6, 6.07) is 7.87. The van der Waals surface area contributed by atoms with Gasteiger partial charge in [-0.05, 0) is 38.3 Å². The molecule has 0 bridgehead atoms. The van der Waals surface area contributed by atoms with E-state index in [4.69, 9.17) is 0 Å². The molecule has 1 aromatic carbocycles. The normalized spacial score (nSPS) is 10.2. The van der Waals surface area contributed by atoms with Crippen molar-refractivity contribution in [2.75, 3.05) is 13.6 Å². The number of nitrogens with zero attached hydrogens (tertiary/aromatic N) is 1. The van der Waals surface area contributed by atoms with E-state index in [1.807, 2.05) is 31.3 Å². The molecule has 0 saturated carbocycles. The summed E-state index contributed by atoms with van der Waals surface area (Å²) >= 11 is 4.60. The van der Waals surface area contributed by atoms with Crippen molar-refractivity contribution in [3.63, 3.8) is 0 Å². The number of para-hydroxylation sites is 1. The molecule has 1 N–H and O–H groups in total. The average Bonchev–Trinajstić information content (AvgIpc) is 2.27. The number of thiocarbonyl (C=S) groups is 1. The third kappa shape index (κ3) is 4.17. The van der Waals surface area contributed by atoms with Gasteiger partial charge in [-0.3, -0.25) is 0 Å². The maximum atomic E-state index is 4.60. The molecule has 0 amide bonds. The minimum absolute atomic E-state index is 0.869. The quantitative estimate of drug-likeness (QED) is 0.466. The Morgan fingerprint density at radius 3 is 3.00 bits per heavy atom. The largest absolute Gasteiger partial charge is 0.319 e. The lowest BCUT2D eigenvalue weighted by Crippen LogP contribution is -2.05. The Labute approximate surface area is 95.7 Å². The van der Waals surface area contributed by atoms with E-state index in [0.29, 0.717) is 0 Å². The lowest BCUT2D eigenvalue weighted by Gasteiger charge is -1.97. The molecule has 0 saturated heterocycles. The van der Waals surface area contributed by atoms with Gasteiger partial charge in [0.2, 0.25) is 0 Å². The molecule has 0 aromatic heterocycles. The molecule has 0 spiro atoms. The fraction of sp³-hybridized carbons (Fsp3) is 0.250. The van der Waals surface area contributed by atoms with Gasteiger partial charge in [-0.15, -0.1) is 0 Å². The Hall–Kier alpha value is -1.28. The van der Waals surface area contributed by atoms with Crippen molar-refractivity contribution in [1.82, 2.24) is 5.32 Å². The van der Waals surface area contributed by atoms with Gasteiger partial charge in [-0.1, -0.05) is 30.4 Å². The van der Waals surface area contributed by atoms with Crippen molar-refractivity contribution in [2.45, 2.75) is 6.42 Å². The van der Waals surface area contributed by atoms with Crippen LogP contribution in [-0.2, 0) is 0 Å². The smallest absolute Gasteiger partial charge is 0.0811 e. The van der Waals surface area contributed by atoms with Gasteiger partial charge >= 0.3 is 0 Å². The lowest BCUT2D eigenvalue weighted by atomic mass is 10.1. The Balaban J connectivity index is 2.75. The molecule has 2 nitrogen and oxygen atoms in total. The van der Waals surface area contributed by atoms with Crippen LogP contribution in [0, 0.1) is 0 Å². The average molecular weight is 218 g/mol. The van der Waals surface area contributed by atoms with Crippen molar-refractivity contribution in [3.8, 4) is 0 Å². The van der Waals surface area contributed by atoms with E-state index in [0.717, 1.165) is 24.2 Å². The van der Waals surface area contributed by atoms with E-state index in [1.165, 1.54) is 0 Å². The van der Waals surface area contributed by atoms with Gasteiger partial charge in [0, 0.05) is 5.56 Å². The van der Waals surface area contributed by atoms with Gasteiger partial charge in [-0.2, -0.15) is 4.99 Å². The zero-order chi connectivity index (χ0) is 10.9. The van der Waals surface area contributed by atoms with Crippen molar-refractivity contribution >= 4 is 29.1 Å². The molecular weight excluding hydrogens is 204 g/mol. The second-order valence-electron chi connectivity index (χ2n) is 3.06. The summed E-state index contributed by atoms with van der Waals surface area (Å²) in [7, 11) is 1.94. The maximum absolute atomic E-state index is 4.60. The van der Waals surface area contributed by atoms with Crippen LogP contribution in [0.4, 0.5) is 5.69 Å². The van der Waals surface area contributed by atoms with Crippen LogP contribution in [0.25, 0.3) is 6.08 Å². The van der Waals surface area contributed by atoms with Crippen LogP contribution in [-0.4, -0.2) is 18.8 Å². The zero-order valence-electron chi connectivity index (χ0n) is 8.73. The molecule has 0 atom stereocenters. The van der Waals surface area contributed by atoms with Crippen LogP contribution in [0.2, 0.25) is 0 Å². The van der Waals surface area contributed by atoms with Gasteiger partial charge in [-0.25, -0.2) is 0 Å². The zero-order valence-corrected chi connectivity index (χ0v) is 9.55. The predicted octanol–water partition coefficient (Wildman–Crippen LogP) is 3.04. The summed E-state index contributed by atoms with van der Waals surface area (Å²) in [5, 5.41) is 5.48. The molecule has 0 aliphatic heterocycles. The minimum Gasteiger partial charge on any atom is -0.319 e. The first-order valence-corrected chi connectivity index (χ1v) is 5.27. The van der Waals surface area contributed by atoms with Crippen LogP contribution in [0.3, 0.4) is 0 Å². The molecule has 15 heavy (non-hydrogen) atoms. The fourth-order valence-corrected chi connectivity index (χ4v) is 1.32. The summed E-state index contributed by atoms with van der Waals surface area (Å²) in [5.74, 6) is 0. The number of nitrogens with one attached hydrogen (secondary N) is 1. The van der Waals surface area contributed by atoms with Gasteiger partial charge in [0.15, 0.2) is 0 Å². The van der Waals surface area contributed by atoms with Crippen molar-refractivity contribution < 1.29 is 0 Å². The van der Waals surface area contributed by atoms with Gasteiger partial charge in [0.05, 0.1) is 10.8 Å². The van der Waals surface area contributed by atoms with Gasteiger partial charge in [0.1, 0.15) is 0 Å². The summed E-state index contributed by atoms with van der Waals surface area (Å²) < 4.78 is 0. The van der Waals surface area contributed by atoms with Crippen LogP contribution in [0.1, 0.15) is 12.0 Å². The number of benzene rings is 1. The van der Waals surface area contributed by atoms with E-state index in [-0.39, 0.29) is 0 Å². The van der Waals surface area contributed by atoms with E-state index in [2.05, 4.69) is 39.8 Å². The summed E-state index contributed by atoms with van der Waals surface area (Å²) in [4.78, 5) is 4.00. The molecular formula is C12H14N2S. The molecule has 1 rings (SSSR count). The third-order valence-electron chi connectivity index (χ3n) is 1.96. The second kappa shape index (κ2) is 7.07. The Morgan fingerprint density at radius 2 is 2.27 bits per heavy atom. The molecule has 0 unspecified atom stereocenters. The SMILES string of the molecule is CNCCC=Cc1ccccc1N=C=S. The summed E-state index contributed by atoms with van der Waals surface area (Å²) in [6.07, 6.45) is 5.18. The summed E-state index contributed by atoms with van der Waals surface area (Å²) in [5.41, 5.74) is 1.94. The van der Waals surface area contributed by atoms with Crippen molar-refractivity contribution in [2.24, 2.45) is 4.99 Å². The highest BCUT2D eigenvalue weighted by molar-refractivity contribution is 7.78.